The first-order chi connectivity index (χ1) is 7.74. The maximum absolute atomic E-state index is 6.22. The Labute approximate surface area is 98.0 Å². The van der Waals surface area contributed by atoms with Crippen LogP contribution in [0.2, 0.25) is 0 Å². The fourth-order valence-electron chi connectivity index (χ4n) is 3.62. The number of benzene rings is 1. The summed E-state index contributed by atoms with van der Waals surface area (Å²) in [7, 11) is 0. The molecule has 16 heavy (non-hydrogen) atoms. The van der Waals surface area contributed by atoms with Crippen molar-refractivity contribution in [2.24, 2.45) is 11.1 Å². The molecular weight excluding hydrogens is 194 g/mol. The van der Waals surface area contributed by atoms with Crippen molar-refractivity contribution in [3.8, 4) is 0 Å². The van der Waals surface area contributed by atoms with Crippen molar-refractivity contribution in [3.63, 3.8) is 0 Å². The summed E-state index contributed by atoms with van der Waals surface area (Å²) in [5.41, 5.74) is 9.84. The van der Waals surface area contributed by atoms with Crippen LogP contribution in [0.5, 0.6) is 0 Å². The third-order valence-electron chi connectivity index (χ3n) is 4.80. The molecule has 1 aromatic rings. The van der Waals surface area contributed by atoms with E-state index in [1.54, 1.807) is 11.1 Å². The van der Waals surface area contributed by atoms with Gasteiger partial charge in [-0.25, -0.2) is 0 Å². The van der Waals surface area contributed by atoms with E-state index in [1.165, 1.54) is 32.1 Å². The molecule has 1 aromatic carbocycles. The van der Waals surface area contributed by atoms with E-state index >= 15 is 0 Å². The molecule has 1 nitrogen and oxygen atoms in total. The molecule has 86 valence electrons. The van der Waals surface area contributed by atoms with Crippen molar-refractivity contribution in [3.05, 3.63) is 35.4 Å². The number of nitrogens with two attached hydrogens (primary N) is 1. The number of fused-ring (bicyclic) bond motifs is 1. The summed E-state index contributed by atoms with van der Waals surface area (Å²) >= 11 is 0. The Morgan fingerprint density at radius 1 is 1.31 bits per heavy atom. The van der Waals surface area contributed by atoms with Crippen LogP contribution >= 0.6 is 0 Å². The maximum atomic E-state index is 6.22. The van der Waals surface area contributed by atoms with Gasteiger partial charge >= 0.3 is 0 Å². The van der Waals surface area contributed by atoms with E-state index in [2.05, 4.69) is 31.2 Å². The molecule has 1 fully saturated rings. The Kier molecular flexibility index (Phi) is 2.32. The molecule has 1 saturated carbocycles. The number of aryl methyl sites for hydroxylation is 1. The molecule has 0 amide bonds. The highest BCUT2D eigenvalue weighted by molar-refractivity contribution is 5.36. The Bertz CT molecular complexity index is 390. The standard InChI is InChI=1S/C15H21N/c1-11(16)15(9-10-15)14-8-4-6-12-5-2-3-7-13(12)14/h2-3,5,7,11,14H,4,6,8-10,16H2,1H3. The van der Waals surface area contributed by atoms with Crippen molar-refractivity contribution >= 4 is 0 Å². The van der Waals surface area contributed by atoms with Crippen LogP contribution in [-0.4, -0.2) is 6.04 Å². The van der Waals surface area contributed by atoms with Gasteiger partial charge in [-0.3, -0.25) is 0 Å². The molecule has 0 bridgehead atoms. The molecule has 0 spiro atoms. The van der Waals surface area contributed by atoms with Crippen molar-refractivity contribution in [2.45, 2.75) is 51.0 Å². The fraction of sp³-hybridized carbons (Fsp3) is 0.600. The zero-order valence-electron chi connectivity index (χ0n) is 10.1. The predicted molar refractivity (Wildman–Crippen MR) is 67.4 cm³/mol. The summed E-state index contributed by atoms with van der Waals surface area (Å²) in [4.78, 5) is 0. The van der Waals surface area contributed by atoms with Crippen LogP contribution in [-0.2, 0) is 6.42 Å². The second-order valence-corrected chi connectivity index (χ2v) is 5.67. The molecule has 2 unspecified atom stereocenters. The molecule has 2 aliphatic carbocycles. The first kappa shape index (κ1) is 10.3. The van der Waals surface area contributed by atoms with E-state index < -0.39 is 0 Å². The van der Waals surface area contributed by atoms with E-state index in [0.717, 1.165) is 5.92 Å². The van der Waals surface area contributed by atoms with Crippen LogP contribution in [0.1, 0.15) is 49.7 Å². The first-order valence-corrected chi connectivity index (χ1v) is 6.57. The molecule has 3 rings (SSSR count). The van der Waals surface area contributed by atoms with Gasteiger partial charge in [-0.05, 0) is 61.5 Å². The third-order valence-corrected chi connectivity index (χ3v) is 4.80. The average molecular weight is 215 g/mol. The second-order valence-electron chi connectivity index (χ2n) is 5.67. The van der Waals surface area contributed by atoms with Crippen LogP contribution in [0.3, 0.4) is 0 Å². The van der Waals surface area contributed by atoms with Crippen molar-refractivity contribution in [2.75, 3.05) is 0 Å². The third kappa shape index (κ3) is 1.41. The van der Waals surface area contributed by atoms with Crippen molar-refractivity contribution in [1.29, 1.82) is 0 Å². The minimum atomic E-state index is 0.351. The van der Waals surface area contributed by atoms with Gasteiger partial charge in [-0.1, -0.05) is 24.3 Å². The van der Waals surface area contributed by atoms with Gasteiger partial charge in [0.1, 0.15) is 0 Å². The minimum Gasteiger partial charge on any atom is -0.327 e. The Balaban J connectivity index is 1.99. The largest absolute Gasteiger partial charge is 0.327 e. The second kappa shape index (κ2) is 3.59. The zero-order chi connectivity index (χ0) is 11.2. The van der Waals surface area contributed by atoms with E-state index in [9.17, 15) is 0 Å². The number of hydrogen-bond acceptors (Lipinski definition) is 1. The van der Waals surface area contributed by atoms with E-state index in [0.29, 0.717) is 11.5 Å². The number of rotatable bonds is 2. The lowest BCUT2D eigenvalue weighted by Gasteiger charge is -2.35. The lowest BCUT2D eigenvalue weighted by atomic mass is 9.71. The SMILES string of the molecule is CC(N)C1(C2CCCc3ccccc32)CC1. The van der Waals surface area contributed by atoms with Gasteiger partial charge in [-0.2, -0.15) is 0 Å². The van der Waals surface area contributed by atoms with E-state index in [4.69, 9.17) is 5.73 Å². The Morgan fingerprint density at radius 2 is 2.06 bits per heavy atom. The highest BCUT2D eigenvalue weighted by atomic mass is 14.7. The first-order valence-electron chi connectivity index (χ1n) is 6.57. The van der Waals surface area contributed by atoms with Crippen LogP contribution in [0.15, 0.2) is 24.3 Å². The molecule has 2 aliphatic rings. The molecule has 1 heteroatoms. The quantitative estimate of drug-likeness (QED) is 0.805. The monoisotopic (exact) mass is 215 g/mol. The summed E-state index contributed by atoms with van der Waals surface area (Å²) in [6, 6.07) is 9.35. The molecule has 0 aliphatic heterocycles. The highest BCUT2D eigenvalue weighted by Crippen LogP contribution is 2.60. The van der Waals surface area contributed by atoms with Gasteiger partial charge in [0.25, 0.3) is 0 Å². The molecule has 2 N–H and O–H groups in total. The van der Waals surface area contributed by atoms with E-state index in [-0.39, 0.29) is 0 Å². The predicted octanol–water partition coefficient (Wildman–Crippen LogP) is 3.23. The molecule has 0 heterocycles. The molecule has 0 saturated heterocycles. The van der Waals surface area contributed by atoms with E-state index in [1.807, 2.05) is 0 Å². The smallest absolute Gasteiger partial charge is 0.00728 e. The Hall–Kier alpha value is -0.820. The lowest BCUT2D eigenvalue weighted by Crippen LogP contribution is -2.34. The molecular formula is C15H21N. The summed E-state index contributed by atoms with van der Waals surface area (Å²) in [5, 5.41) is 0. The normalized spacial score (nSPS) is 28.2. The van der Waals surface area contributed by atoms with Crippen LogP contribution in [0.4, 0.5) is 0 Å². The Morgan fingerprint density at radius 3 is 2.75 bits per heavy atom. The van der Waals surface area contributed by atoms with Gasteiger partial charge in [0.15, 0.2) is 0 Å². The number of hydrogen-bond donors (Lipinski definition) is 1. The summed E-state index contributed by atoms with van der Waals surface area (Å²) < 4.78 is 0. The lowest BCUT2D eigenvalue weighted by molar-refractivity contribution is 0.308. The van der Waals surface area contributed by atoms with Gasteiger partial charge in [0, 0.05) is 6.04 Å². The molecule has 0 radical (unpaired) electrons. The van der Waals surface area contributed by atoms with Crippen molar-refractivity contribution < 1.29 is 0 Å². The zero-order valence-corrected chi connectivity index (χ0v) is 10.1. The van der Waals surface area contributed by atoms with Crippen LogP contribution in [0.25, 0.3) is 0 Å². The molecule has 0 aromatic heterocycles. The summed E-state index contributed by atoms with van der Waals surface area (Å²) in [5.74, 6) is 0.734. The van der Waals surface area contributed by atoms with Gasteiger partial charge in [0.2, 0.25) is 0 Å². The maximum Gasteiger partial charge on any atom is 0.00728 e. The highest BCUT2D eigenvalue weighted by Gasteiger charge is 2.52. The van der Waals surface area contributed by atoms with Gasteiger partial charge in [-0.15, -0.1) is 0 Å². The summed E-state index contributed by atoms with van der Waals surface area (Å²) in [6.07, 6.45) is 6.63. The minimum absolute atomic E-state index is 0.351. The van der Waals surface area contributed by atoms with Gasteiger partial charge < -0.3 is 5.73 Å². The fourth-order valence-corrected chi connectivity index (χ4v) is 3.62. The van der Waals surface area contributed by atoms with Crippen LogP contribution < -0.4 is 5.73 Å². The van der Waals surface area contributed by atoms with Crippen molar-refractivity contribution in [1.82, 2.24) is 0 Å². The van der Waals surface area contributed by atoms with Gasteiger partial charge in [0.05, 0.1) is 0 Å². The average Bonchev–Trinajstić information content (AvgIpc) is 3.09. The summed E-state index contributed by atoms with van der Waals surface area (Å²) in [6.45, 7) is 2.20. The topological polar surface area (TPSA) is 26.0 Å². The molecule has 2 atom stereocenters. The van der Waals surface area contributed by atoms with Crippen LogP contribution in [0, 0.1) is 5.41 Å².